The number of methoxy groups -OCH3 is 1. The van der Waals surface area contributed by atoms with Crippen LogP contribution in [0.25, 0.3) is 11.0 Å². The summed E-state index contributed by atoms with van der Waals surface area (Å²) >= 11 is 0. The van der Waals surface area contributed by atoms with Crippen LogP contribution in [0.3, 0.4) is 0 Å². The van der Waals surface area contributed by atoms with Crippen LogP contribution in [0, 0.1) is 0 Å². The lowest BCUT2D eigenvalue weighted by Crippen LogP contribution is -2.06. The van der Waals surface area contributed by atoms with E-state index in [1.165, 1.54) is 0 Å². The van der Waals surface area contributed by atoms with Gasteiger partial charge in [-0.25, -0.2) is 4.98 Å². The second-order valence-electron chi connectivity index (χ2n) is 3.68. The Morgan fingerprint density at radius 3 is 2.94 bits per heavy atom. The number of aliphatic hydroxyl groups is 1. The molecule has 4 nitrogen and oxygen atoms in total. The van der Waals surface area contributed by atoms with E-state index in [1.54, 1.807) is 7.11 Å². The molecule has 0 spiro atoms. The molecule has 0 fully saturated rings. The average molecular weight is 220 g/mol. The molecule has 0 saturated carbocycles. The summed E-state index contributed by atoms with van der Waals surface area (Å²) in [6.45, 7) is 1.47. The van der Waals surface area contributed by atoms with Gasteiger partial charge in [0.2, 0.25) is 0 Å². The molecule has 1 aromatic heterocycles. The highest BCUT2D eigenvalue weighted by atomic mass is 16.5. The second kappa shape index (κ2) is 5.09. The van der Waals surface area contributed by atoms with Gasteiger partial charge in [0.25, 0.3) is 0 Å². The Balaban J connectivity index is 2.42. The summed E-state index contributed by atoms with van der Waals surface area (Å²) in [7, 11) is 1.66. The normalized spacial score (nSPS) is 11.1. The molecule has 16 heavy (non-hydrogen) atoms. The Morgan fingerprint density at radius 2 is 2.19 bits per heavy atom. The number of hydrogen-bond acceptors (Lipinski definition) is 3. The first-order chi connectivity index (χ1) is 7.86. The van der Waals surface area contributed by atoms with E-state index in [-0.39, 0.29) is 6.61 Å². The number of rotatable bonds is 5. The van der Waals surface area contributed by atoms with Crippen molar-refractivity contribution in [2.75, 3.05) is 13.7 Å². The van der Waals surface area contributed by atoms with Gasteiger partial charge >= 0.3 is 0 Å². The molecule has 2 aromatic rings. The van der Waals surface area contributed by atoms with Crippen molar-refractivity contribution in [2.45, 2.75) is 19.6 Å². The van der Waals surface area contributed by atoms with E-state index in [0.717, 1.165) is 29.8 Å². The van der Waals surface area contributed by atoms with Crippen molar-refractivity contribution in [1.29, 1.82) is 0 Å². The van der Waals surface area contributed by atoms with Crippen LogP contribution in [0.5, 0.6) is 0 Å². The molecule has 1 N–H and O–H groups in total. The number of aromatic nitrogens is 2. The Hall–Kier alpha value is -1.39. The Labute approximate surface area is 94.5 Å². The number of benzene rings is 1. The highest BCUT2D eigenvalue weighted by molar-refractivity contribution is 5.75. The lowest BCUT2D eigenvalue weighted by atomic mass is 10.3. The number of aliphatic hydroxyl groups excluding tert-OH is 1. The fourth-order valence-electron chi connectivity index (χ4n) is 1.84. The highest BCUT2D eigenvalue weighted by Gasteiger charge is 2.09. The van der Waals surface area contributed by atoms with E-state index in [1.807, 2.05) is 24.3 Å². The SMILES string of the molecule is COCc1nc2ccccc2n1CCCO. The summed E-state index contributed by atoms with van der Waals surface area (Å²) < 4.78 is 7.24. The van der Waals surface area contributed by atoms with Crippen molar-refractivity contribution >= 4 is 11.0 Å². The average Bonchev–Trinajstić information content (AvgIpc) is 2.65. The van der Waals surface area contributed by atoms with E-state index in [0.29, 0.717) is 6.61 Å². The van der Waals surface area contributed by atoms with Crippen LogP contribution in [-0.4, -0.2) is 28.4 Å². The molecule has 0 atom stereocenters. The van der Waals surface area contributed by atoms with Gasteiger partial charge in [-0.3, -0.25) is 0 Å². The summed E-state index contributed by atoms with van der Waals surface area (Å²) in [5.74, 6) is 0.914. The van der Waals surface area contributed by atoms with Crippen molar-refractivity contribution in [2.24, 2.45) is 0 Å². The summed E-state index contributed by atoms with van der Waals surface area (Å²) in [5, 5.41) is 8.89. The molecule has 0 aliphatic heterocycles. The molecule has 0 saturated heterocycles. The fraction of sp³-hybridized carbons (Fsp3) is 0.417. The van der Waals surface area contributed by atoms with Gasteiger partial charge in [0, 0.05) is 20.3 Å². The van der Waals surface area contributed by atoms with Crippen LogP contribution < -0.4 is 0 Å². The molecule has 1 heterocycles. The minimum absolute atomic E-state index is 0.193. The molecular weight excluding hydrogens is 204 g/mol. The largest absolute Gasteiger partial charge is 0.396 e. The number of fused-ring (bicyclic) bond motifs is 1. The van der Waals surface area contributed by atoms with Crippen molar-refractivity contribution < 1.29 is 9.84 Å². The van der Waals surface area contributed by atoms with E-state index >= 15 is 0 Å². The zero-order valence-corrected chi connectivity index (χ0v) is 9.39. The predicted octanol–water partition coefficient (Wildman–Crippen LogP) is 1.57. The maximum absolute atomic E-state index is 8.89. The molecule has 4 heteroatoms. The topological polar surface area (TPSA) is 47.3 Å². The van der Waals surface area contributed by atoms with E-state index in [9.17, 15) is 0 Å². The van der Waals surface area contributed by atoms with Crippen LogP contribution in [-0.2, 0) is 17.9 Å². The molecular formula is C12H16N2O2. The van der Waals surface area contributed by atoms with Gasteiger partial charge in [0.15, 0.2) is 0 Å². The van der Waals surface area contributed by atoms with Crippen LogP contribution in [0.2, 0.25) is 0 Å². The number of imidazole rings is 1. The Bertz CT molecular complexity index is 465. The van der Waals surface area contributed by atoms with E-state index < -0.39 is 0 Å². The summed E-state index contributed by atoms with van der Waals surface area (Å²) in [6, 6.07) is 8.00. The van der Waals surface area contributed by atoms with Crippen molar-refractivity contribution in [3.63, 3.8) is 0 Å². The highest BCUT2D eigenvalue weighted by Crippen LogP contribution is 2.16. The monoisotopic (exact) mass is 220 g/mol. The molecule has 0 radical (unpaired) electrons. The van der Waals surface area contributed by atoms with Gasteiger partial charge in [-0.2, -0.15) is 0 Å². The second-order valence-corrected chi connectivity index (χ2v) is 3.68. The van der Waals surface area contributed by atoms with Crippen LogP contribution in [0.4, 0.5) is 0 Å². The lowest BCUT2D eigenvalue weighted by molar-refractivity contribution is 0.173. The summed E-state index contributed by atoms with van der Waals surface area (Å²) in [4.78, 5) is 4.51. The van der Waals surface area contributed by atoms with Gasteiger partial charge in [-0.05, 0) is 18.6 Å². The Kier molecular flexibility index (Phi) is 3.54. The predicted molar refractivity (Wildman–Crippen MR) is 62.1 cm³/mol. The standard InChI is InChI=1S/C12H16N2O2/c1-16-9-12-13-10-5-2-3-6-11(10)14(12)7-4-8-15/h2-3,5-6,15H,4,7-9H2,1H3. The number of ether oxygens (including phenoxy) is 1. The van der Waals surface area contributed by atoms with Crippen LogP contribution in [0.15, 0.2) is 24.3 Å². The van der Waals surface area contributed by atoms with Gasteiger partial charge in [-0.15, -0.1) is 0 Å². The van der Waals surface area contributed by atoms with Crippen LogP contribution in [0.1, 0.15) is 12.2 Å². The third kappa shape index (κ3) is 2.08. The molecule has 0 aliphatic rings. The van der Waals surface area contributed by atoms with Gasteiger partial charge < -0.3 is 14.4 Å². The molecule has 0 aliphatic carbocycles. The first-order valence-electron chi connectivity index (χ1n) is 5.40. The van der Waals surface area contributed by atoms with Gasteiger partial charge in [-0.1, -0.05) is 12.1 Å². The van der Waals surface area contributed by atoms with Crippen LogP contribution >= 0.6 is 0 Å². The van der Waals surface area contributed by atoms with E-state index in [4.69, 9.17) is 9.84 Å². The molecule has 2 rings (SSSR count). The molecule has 0 bridgehead atoms. The first kappa shape index (κ1) is 11.1. The number of nitrogens with zero attached hydrogens (tertiary/aromatic N) is 2. The molecule has 0 unspecified atom stereocenters. The summed E-state index contributed by atoms with van der Waals surface area (Å²) in [6.07, 6.45) is 0.733. The molecule has 0 amide bonds. The number of hydrogen-bond donors (Lipinski definition) is 1. The third-order valence-electron chi connectivity index (χ3n) is 2.55. The van der Waals surface area contributed by atoms with Gasteiger partial charge in [0.05, 0.1) is 11.0 Å². The van der Waals surface area contributed by atoms with Gasteiger partial charge in [0.1, 0.15) is 12.4 Å². The number of aryl methyl sites for hydroxylation is 1. The Morgan fingerprint density at radius 1 is 1.38 bits per heavy atom. The fourth-order valence-corrected chi connectivity index (χ4v) is 1.84. The van der Waals surface area contributed by atoms with Crippen molar-refractivity contribution in [3.8, 4) is 0 Å². The van der Waals surface area contributed by atoms with E-state index in [2.05, 4.69) is 9.55 Å². The maximum Gasteiger partial charge on any atom is 0.135 e. The first-order valence-corrected chi connectivity index (χ1v) is 5.40. The third-order valence-corrected chi connectivity index (χ3v) is 2.55. The lowest BCUT2D eigenvalue weighted by Gasteiger charge is -2.07. The molecule has 1 aromatic carbocycles. The summed E-state index contributed by atoms with van der Waals surface area (Å²) in [5.41, 5.74) is 2.08. The minimum atomic E-state index is 0.193. The quantitative estimate of drug-likeness (QED) is 0.832. The van der Waals surface area contributed by atoms with Crippen molar-refractivity contribution in [3.05, 3.63) is 30.1 Å². The molecule has 86 valence electrons. The minimum Gasteiger partial charge on any atom is -0.396 e. The number of para-hydroxylation sites is 2. The maximum atomic E-state index is 8.89. The smallest absolute Gasteiger partial charge is 0.135 e. The van der Waals surface area contributed by atoms with Crippen molar-refractivity contribution in [1.82, 2.24) is 9.55 Å². The zero-order valence-electron chi connectivity index (χ0n) is 9.39. The zero-order chi connectivity index (χ0) is 11.4.